The molecule has 1 saturated heterocycles. The average molecular weight is 337 g/mol. The van der Waals surface area contributed by atoms with Gasteiger partial charge in [0.25, 0.3) is 0 Å². The second-order valence-electron chi connectivity index (χ2n) is 7.63. The van der Waals surface area contributed by atoms with E-state index in [1.807, 2.05) is 17.0 Å². The van der Waals surface area contributed by atoms with Crippen molar-refractivity contribution in [3.63, 3.8) is 0 Å². The molecule has 1 aliphatic heterocycles. The van der Waals surface area contributed by atoms with E-state index in [-0.39, 0.29) is 30.1 Å². The first-order chi connectivity index (χ1) is 12.0. The number of hydrogen-bond acceptors (Lipinski definition) is 2. The van der Waals surface area contributed by atoms with Gasteiger partial charge in [0, 0.05) is 19.0 Å². The van der Waals surface area contributed by atoms with Crippen LogP contribution in [0.5, 0.6) is 0 Å². The zero-order valence-corrected chi connectivity index (χ0v) is 14.4. The van der Waals surface area contributed by atoms with Gasteiger partial charge in [-0.1, -0.05) is 49.4 Å². The van der Waals surface area contributed by atoms with E-state index >= 15 is 0 Å². The SMILES string of the molecule is C[C@@H]1CN(C(=O)C2CC2c2ccc3ccccc3c2)C[C@H]1CC(=O)O. The van der Waals surface area contributed by atoms with Crippen molar-refractivity contribution in [2.75, 3.05) is 13.1 Å². The second-order valence-corrected chi connectivity index (χ2v) is 7.63. The fourth-order valence-corrected chi connectivity index (χ4v) is 4.21. The number of likely N-dealkylation sites (tertiary alicyclic amines) is 1. The lowest BCUT2D eigenvalue weighted by Gasteiger charge is -2.16. The van der Waals surface area contributed by atoms with Crippen molar-refractivity contribution in [2.45, 2.75) is 25.7 Å². The highest BCUT2D eigenvalue weighted by atomic mass is 16.4. The van der Waals surface area contributed by atoms with Crippen LogP contribution in [0.1, 0.15) is 31.2 Å². The second kappa shape index (κ2) is 6.17. The van der Waals surface area contributed by atoms with Crippen molar-refractivity contribution in [1.29, 1.82) is 0 Å². The maximum atomic E-state index is 12.8. The highest BCUT2D eigenvalue weighted by molar-refractivity contribution is 5.86. The van der Waals surface area contributed by atoms with Gasteiger partial charge in [-0.25, -0.2) is 0 Å². The zero-order chi connectivity index (χ0) is 17.6. The van der Waals surface area contributed by atoms with Crippen molar-refractivity contribution in [1.82, 2.24) is 4.90 Å². The number of nitrogens with zero attached hydrogens (tertiary/aromatic N) is 1. The Morgan fingerprint density at radius 2 is 1.88 bits per heavy atom. The number of carboxylic acid groups (broad SMARTS) is 1. The van der Waals surface area contributed by atoms with Gasteiger partial charge in [0.1, 0.15) is 0 Å². The molecule has 2 aromatic carbocycles. The molecule has 25 heavy (non-hydrogen) atoms. The molecule has 2 aromatic rings. The quantitative estimate of drug-likeness (QED) is 0.929. The van der Waals surface area contributed by atoms with E-state index in [9.17, 15) is 9.59 Å². The maximum Gasteiger partial charge on any atom is 0.303 e. The van der Waals surface area contributed by atoms with Gasteiger partial charge in [0.05, 0.1) is 6.42 Å². The number of hydrogen-bond donors (Lipinski definition) is 1. The van der Waals surface area contributed by atoms with Gasteiger partial charge < -0.3 is 10.0 Å². The molecule has 0 spiro atoms. The van der Waals surface area contributed by atoms with E-state index < -0.39 is 5.97 Å². The summed E-state index contributed by atoms with van der Waals surface area (Å²) in [5, 5.41) is 11.5. The molecule has 0 aromatic heterocycles. The van der Waals surface area contributed by atoms with E-state index in [1.165, 1.54) is 16.3 Å². The normalized spacial score (nSPS) is 28.3. The molecule has 1 aliphatic carbocycles. The third-order valence-electron chi connectivity index (χ3n) is 5.83. The molecule has 1 amide bonds. The molecule has 4 atom stereocenters. The van der Waals surface area contributed by atoms with Crippen LogP contribution in [0.3, 0.4) is 0 Å². The Kier molecular flexibility index (Phi) is 3.98. The third kappa shape index (κ3) is 3.13. The molecule has 2 unspecified atom stereocenters. The lowest BCUT2D eigenvalue weighted by Crippen LogP contribution is -2.30. The highest BCUT2D eigenvalue weighted by Gasteiger charge is 2.47. The molecule has 0 radical (unpaired) electrons. The number of amides is 1. The largest absolute Gasteiger partial charge is 0.481 e. The Hall–Kier alpha value is -2.36. The summed E-state index contributed by atoms with van der Waals surface area (Å²) in [7, 11) is 0. The van der Waals surface area contributed by atoms with Crippen LogP contribution in [0.2, 0.25) is 0 Å². The minimum atomic E-state index is -0.772. The van der Waals surface area contributed by atoms with E-state index in [4.69, 9.17) is 5.11 Å². The number of carbonyl (C=O) groups is 2. The van der Waals surface area contributed by atoms with Crippen LogP contribution >= 0.6 is 0 Å². The minimum absolute atomic E-state index is 0.0666. The van der Waals surface area contributed by atoms with E-state index in [0.29, 0.717) is 19.0 Å². The van der Waals surface area contributed by atoms with Crippen molar-refractivity contribution in [3.05, 3.63) is 48.0 Å². The predicted octanol–water partition coefficient (Wildman–Crippen LogP) is 3.51. The molecule has 4 heteroatoms. The molecule has 4 rings (SSSR count). The Labute approximate surface area is 147 Å². The minimum Gasteiger partial charge on any atom is -0.481 e. The van der Waals surface area contributed by atoms with Gasteiger partial charge in [0.2, 0.25) is 5.91 Å². The van der Waals surface area contributed by atoms with Crippen molar-refractivity contribution in [3.8, 4) is 0 Å². The summed E-state index contributed by atoms with van der Waals surface area (Å²) in [6.07, 6.45) is 1.06. The fourth-order valence-electron chi connectivity index (χ4n) is 4.21. The summed E-state index contributed by atoms with van der Waals surface area (Å²) in [5.41, 5.74) is 1.24. The lowest BCUT2D eigenvalue weighted by atomic mass is 9.95. The Bertz CT molecular complexity index is 831. The molecule has 1 heterocycles. The van der Waals surface area contributed by atoms with E-state index in [2.05, 4.69) is 37.3 Å². The van der Waals surface area contributed by atoms with Gasteiger partial charge in [0.15, 0.2) is 0 Å². The first-order valence-corrected chi connectivity index (χ1v) is 9.02. The van der Waals surface area contributed by atoms with Gasteiger partial charge in [-0.05, 0) is 40.5 Å². The van der Waals surface area contributed by atoms with Crippen molar-refractivity contribution < 1.29 is 14.7 Å². The zero-order valence-electron chi connectivity index (χ0n) is 14.4. The lowest BCUT2D eigenvalue weighted by molar-refractivity contribution is -0.138. The van der Waals surface area contributed by atoms with Gasteiger partial charge in [-0.2, -0.15) is 0 Å². The molecule has 2 fully saturated rings. The number of benzene rings is 2. The summed E-state index contributed by atoms with van der Waals surface area (Å²) in [4.78, 5) is 25.7. The molecular weight excluding hydrogens is 314 g/mol. The summed E-state index contributed by atoms with van der Waals surface area (Å²) in [6, 6.07) is 14.8. The number of carboxylic acids is 1. The summed E-state index contributed by atoms with van der Waals surface area (Å²) in [5.74, 6) is 0.157. The van der Waals surface area contributed by atoms with Crippen LogP contribution in [0.25, 0.3) is 10.8 Å². The Morgan fingerprint density at radius 1 is 1.12 bits per heavy atom. The summed E-state index contributed by atoms with van der Waals surface area (Å²) >= 11 is 0. The Balaban J connectivity index is 1.43. The number of fused-ring (bicyclic) bond motifs is 1. The van der Waals surface area contributed by atoms with Crippen LogP contribution in [0, 0.1) is 17.8 Å². The van der Waals surface area contributed by atoms with Gasteiger partial charge in [-0.15, -0.1) is 0 Å². The first kappa shape index (κ1) is 16.1. The topological polar surface area (TPSA) is 57.6 Å². The van der Waals surface area contributed by atoms with Gasteiger partial charge >= 0.3 is 5.97 Å². The molecule has 0 bridgehead atoms. The number of carbonyl (C=O) groups excluding carboxylic acids is 1. The monoisotopic (exact) mass is 337 g/mol. The molecule has 1 saturated carbocycles. The molecule has 2 aliphatic rings. The predicted molar refractivity (Wildman–Crippen MR) is 96.3 cm³/mol. The molecule has 4 nitrogen and oxygen atoms in total. The Morgan fingerprint density at radius 3 is 2.64 bits per heavy atom. The van der Waals surface area contributed by atoms with Gasteiger partial charge in [-0.3, -0.25) is 9.59 Å². The number of aliphatic carboxylic acids is 1. The molecule has 1 N–H and O–H groups in total. The highest BCUT2D eigenvalue weighted by Crippen LogP contribution is 2.49. The van der Waals surface area contributed by atoms with E-state index in [0.717, 1.165) is 6.42 Å². The van der Waals surface area contributed by atoms with E-state index in [1.54, 1.807) is 0 Å². The van der Waals surface area contributed by atoms with Crippen LogP contribution in [0.15, 0.2) is 42.5 Å². The van der Waals surface area contributed by atoms with Crippen LogP contribution in [0.4, 0.5) is 0 Å². The molecule has 130 valence electrons. The summed E-state index contributed by atoms with van der Waals surface area (Å²) < 4.78 is 0. The first-order valence-electron chi connectivity index (χ1n) is 9.02. The smallest absolute Gasteiger partial charge is 0.303 e. The van der Waals surface area contributed by atoms with Crippen LogP contribution < -0.4 is 0 Å². The summed E-state index contributed by atoms with van der Waals surface area (Å²) in [6.45, 7) is 3.33. The maximum absolute atomic E-state index is 12.8. The van der Waals surface area contributed by atoms with Crippen molar-refractivity contribution in [2.24, 2.45) is 17.8 Å². The fraction of sp³-hybridized carbons (Fsp3) is 0.429. The standard InChI is InChI=1S/C21H23NO3/c1-13-11-22(12-17(13)9-20(23)24)21(25)19-10-18(19)16-7-6-14-4-2-3-5-15(14)8-16/h2-8,13,17-19H,9-12H2,1H3,(H,23,24)/t13-,17-,18?,19?/m1/s1. The van der Waals surface area contributed by atoms with Crippen molar-refractivity contribution >= 4 is 22.6 Å². The number of rotatable bonds is 4. The van der Waals surface area contributed by atoms with Crippen LogP contribution in [-0.4, -0.2) is 35.0 Å². The average Bonchev–Trinajstić information content (AvgIpc) is 3.32. The third-order valence-corrected chi connectivity index (χ3v) is 5.83. The molecular formula is C21H23NO3. The van der Waals surface area contributed by atoms with Crippen LogP contribution in [-0.2, 0) is 9.59 Å².